The van der Waals surface area contributed by atoms with Gasteiger partial charge in [-0.2, -0.15) is 0 Å². The minimum absolute atomic E-state index is 1.13. The molecular formula is C42H28S. The maximum absolute atomic E-state index is 2.35. The zero-order valence-electron chi connectivity index (χ0n) is 23.7. The van der Waals surface area contributed by atoms with E-state index in [9.17, 15) is 0 Å². The van der Waals surface area contributed by atoms with Gasteiger partial charge in [-0.25, -0.2) is 0 Å². The molecule has 0 bridgehead atoms. The first-order valence-electron chi connectivity index (χ1n) is 15.1. The Morgan fingerprint density at radius 3 is 1.63 bits per heavy atom. The van der Waals surface area contributed by atoms with E-state index in [1.165, 1.54) is 86.2 Å². The average molecular weight is 565 g/mol. The summed E-state index contributed by atoms with van der Waals surface area (Å²) in [5.74, 6) is 0. The van der Waals surface area contributed by atoms with Crippen LogP contribution in [0.15, 0.2) is 140 Å². The van der Waals surface area contributed by atoms with Crippen LogP contribution in [0.3, 0.4) is 0 Å². The molecule has 0 atom stereocenters. The Morgan fingerprint density at radius 2 is 0.953 bits per heavy atom. The van der Waals surface area contributed by atoms with Gasteiger partial charge < -0.3 is 0 Å². The van der Waals surface area contributed by atoms with Gasteiger partial charge in [0.15, 0.2) is 0 Å². The quantitative estimate of drug-likeness (QED) is 0.187. The van der Waals surface area contributed by atoms with Crippen LogP contribution in [0.5, 0.6) is 0 Å². The molecule has 8 aromatic rings. The first-order chi connectivity index (χ1) is 21.4. The Hall–Kier alpha value is -4.98. The number of allylic oxidation sites excluding steroid dienone is 1. The van der Waals surface area contributed by atoms with Crippen molar-refractivity contribution in [2.75, 3.05) is 0 Å². The average Bonchev–Trinajstić information content (AvgIpc) is 3.46. The highest BCUT2D eigenvalue weighted by Crippen LogP contribution is 2.49. The van der Waals surface area contributed by atoms with E-state index in [4.69, 9.17) is 0 Å². The van der Waals surface area contributed by atoms with Crippen molar-refractivity contribution in [1.29, 1.82) is 0 Å². The lowest BCUT2D eigenvalue weighted by Crippen LogP contribution is -1.93. The Bertz CT molecular complexity index is 2330. The fourth-order valence-electron chi connectivity index (χ4n) is 7.29. The molecule has 1 heteroatoms. The summed E-state index contributed by atoms with van der Waals surface area (Å²) in [5.41, 5.74) is 9.31. The molecule has 0 aliphatic heterocycles. The van der Waals surface area contributed by atoms with E-state index < -0.39 is 0 Å². The van der Waals surface area contributed by atoms with Crippen molar-refractivity contribution in [2.24, 2.45) is 0 Å². The van der Waals surface area contributed by atoms with Crippen LogP contribution in [0.2, 0.25) is 0 Å². The van der Waals surface area contributed by atoms with Gasteiger partial charge in [-0.05, 0) is 90.0 Å². The molecule has 1 aromatic heterocycles. The highest BCUT2D eigenvalue weighted by molar-refractivity contribution is 7.20. The van der Waals surface area contributed by atoms with E-state index in [1.54, 1.807) is 0 Å². The zero-order valence-corrected chi connectivity index (χ0v) is 24.5. The van der Waals surface area contributed by atoms with Gasteiger partial charge in [0, 0.05) is 15.1 Å². The molecule has 1 aliphatic rings. The zero-order chi connectivity index (χ0) is 28.3. The van der Waals surface area contributed by atoms with E-state index in [1.807, 2.05) is 11.3 Å². The van der Waals surface area contributed by atoms with Gasteiger partial charge in [0.25, 0.3) is 0 Å². The Balaban J connectivity index is 1.39. The van der Waals surface area contributed by atoms with Gasteiger partial charge >= 0.3 is 0 Å². The summed E-state index contributed by atoms with van der Waals surface area (Å²) in [6, 6.07) is 49.3. The Labute approximate surface area is 255 Å². The second kappa shape index (κ2) is 9.80. The number of thiophene rings is 1. The number of benzene rings is 7. The normalized spacial score (nSPS) is 12.8. The van der Waals surface area contributed by atoms with Gasteiger partial charge in [-0.1, -0.05) is 140 Å². The third kappa shape index (κ3) is 3.75. The first kappa shape index (κ1) is 24.6. The molecule has 9 rings (SSSR count). The molecular weight excluding hydrogens is 537 g/mol. The number of rotatable bonds is 3. The van der Waals surface area contributed by atoms with E-state index in [-0.39, 0.29) is 0 Å². The predicted molar refractivity (Wildman–Crippen MR) is 188 cm³/mol. The number of hydrogen-bond acceptors (Lipinski definition) is 1. The third-order valence-corrected chi connectivity index (χ3v) is 10.4. The minimum atomic E-state index is 1.13. The van der Waals surface area contributed by atoms with Crippen molar-refractivity contribution in [2.45, 2.75) is 12.8 Å². The molecule has 0 unspecified atom stereocenters. The van der Waals surface area contributed by atoms with Crippen molar-refractivity contribution in [3.05, 3.63) is 150 Å². The van der Waals surface area contributed by atoms with Crippen LogP contribution in [0.1, 0.15) is 16.9 Å². The molecule has 43 heavy (non-hydrogen) atoms. The summed E-state index contributed by atoms with van der Waals surface area (Å²) in [4.78, 5) is 1.42. The Kier molecular flexibility index (Phi) is 5.61. The van der Waals surface area contributed by atoms with Crippen LogP contribution in [0.25, 0.3) is 81.9 Å². The van der Waals surface area contributed by atoms with Crippen molar-refractivity contribution in [3.63, 3.8) is 0 Å². The summed E-state index contributed by atoms with van der Waals surface area (Å²) >= 11 is 1.95. The maximum atomic E-state index is 2.35. The highest BCUT2D eigenvalue weighted by Gasteiger charge is 2.22. The molecule has 0 spiro atoms. The Morgan fingerprint density at radius 1 is 0.419 bits per heavy atom. The molecule has 1 heterocycles. The van der Waals surface area contributed by atoms with Crippen molar-refractivity contribution < 1.29 is 0 Å². The lowest BCUT2D eigenvalue weighted by atomic mass is 9.83. The molecule has 1 aliphatic carbocycles. The second-order valence-electron chi connectivity index (χ2n) is 11.5. The fraction of sp³-hybridized carbons (Fsp3) is 0.0476. The summed E-state index contributed by atoms with van der Waals surface area (Å²) in [5, 5.41) is 9.20. The molecule has 0 saturated carbocycles. The minimum Gasteiger partial charge on any atom is -0.135 e. The molecule has 202 valence electrons. The van der Waals surface area contributed by atoms with Gasteiger partial charge in [-0.3, -0.25) is 0 Å². The SMILES string of the molecule is C1=Cc2sc3c(-c4c5ccccc5c(-c5ccc(-c6ccccc6)c6ccccc56)c5ccccc45)cccc3c2CC1. The van der Waals surface area contributed by atoms with Crippen LogP contribution in [-0.2, 0) is 6.42 Å². The predicted octanol–water partition coefficient (Wildman–Crippen LogP) is 12.3. The summed E-state index contributed by atoms with van der Waals surface area (Å²) in [7, 11) is 0. The maximum Gasteiger partial charge on any atom is 0.0430 e. The first-order valence-corrected chi connectivity index (χ1v) is 15.9. The van der Waals surface area contributed by atoms with Crippen LogP contribution in [-0.4, -0.2) is 0 Å². The molecule has 0 saturated heterocycles. The second-order valence-corrected chi connectivity index (χ2v) is 12.5. The van der Waals surface area contributed by atoms with Crippen molar-refractivity contribution in [3.8, 4) is 33.4 Å². The van der Waals surface area contributed by atoms with E-state index in [2.05, 4.69) is 146 Å². The largest absolute Gasteiger partial charge is 0.135 e. The monoisotopic (exact) mass is 564 g/mol. The fourth-order valence-corrected chi connectivity index (χ4v) is 8.59. The van der Waals surface area contributed by atoms with Crippen molar-refractivity contribution >= 4 is 59.8 Å². The molecule has 0 fully saturated rings. The lowest BCUT2D eigenvalue weighted by molar-refractivity contribution is 1.01. The van der Waals surface area contributed by atoms with Crippen LogP contribution in [0.4, 0.5) is 0 Å². The summed E-state index contributed by atoms with van der Waals surface area (Å²) in [6.45, 7) is 0. The number of fused-ring (bicyclic) bond motifs is 6. The number of aryl methyl sites for hydroxylation is 1. The summed E-state index contributed by atoms with van der Waals surface area (Å²) < 4.78 is 1.40. The van der Waals surface area contributed by atoms with Gasteiger partial charge in [-0.15, -0.1) is 11.3 Å². The molecule has 0 N–H and O–H groups in total. The highest BCUT2D eigenvalue weighted by atomic mass is 32.1. The summed E-state index contributed by atoms with van der Waals surface area (Å²) in [6.07, 6.45) is 6.91. The molecule has 0 amide bonds. The van der Waals surface area contributed by atoms with Gasteiger partial charge in [0.2, 0.25) is 0 Å². The number of hydrogen-bond donors (Lipinski definition) is 0. The smallest absolute Gasteiger partial charge is 0.0430 e. The standard InChI is InChI=1S/C42H28S/c1-2-13-27(14-3-1)28-25-26-36(30-16-5-4-15-29(28)30)40-32-18-6-8-20-34(32)41(35-21-9-7-19-33(35)40)38-23-12-22-37-31-17-10-11-24-39(31)43-42(37)38/h1-9,11-16,18-26H,10,17H2. The van der Waals surface area contributed by atoms with Crippen LogP contribution < -0.4 is 0 Å². The molecule has 7 aromatic carbocycles. The van der Waals surface area contributed by atoms with Crippen molar-refractivity contribution in [1.82, 2.24) is 0 Å². The van der Waals surface area contributed by atoms with E-state index in [0.717, 1.165) is 12.8 Å². The van der Waals surface area contributed by atoms with Gasteiger partial charge in [0.05, 0.1) is 0 Å². The van der Waals surface area contributed by atoms with E-state index in [0.29, 0.717) is 0 Å². The topological polar surface area (TPSA) is 0 Å². The van der Waals surface area contributed by atoms with Crippen LogP contribution >= 0.6 is 11.3 Å². The molecule has 0 radical (unpaired) electrons. The van der Waals surface area contributed by atoms with Gasteiger partial charge in [0.1, 0.15) is 0 Å². The lowest BCUT2D eigenvalue weighted by Gasteiger charge is -2.20. The van der Waals surface area contributed by atoms with Crippen LogP contribution in [0, 0.1) is 0 Å². The molecule has 0 nitrogen and oxygen atoms in total. The third-order valence-electron chi connectivity index (χ3n) is 9.16. The van der Waals surface area contributed by atoms with E-state index >= 15 is 0 Å².